The molecule has 0 radical (unpaired) electrons. The maximum atomic E-state index is 8.72. The van der Waals surface area contributed by atoms with E-state index in [9.17, 15) is 0 Å². The molecule has 11 heavy (non-hydrogen) atoms. The van der Waals surface area contributed by atoms with Crippen LogP contribution < -0.4 is 5.19 Å². The van der Waals surface area contributed by atoms with Crippen molar-refractivity contribution < 1.29 is 0 Å². The quantitative estimate of drug-likeness (QED) is 0.627. The number of nitrogens with zero attached hydrogens (tertiary/aromatic N) is 1. The van der Waals surface area contributed by atoms with Crippen molar-refractivity contribution >= 4 is 13.3 Å². The molecule has 0 atom stereocenters. The van der Waals surface area contributed by atoms with Gasteiger partial charge in [-0.25, -0.2) is 0 Å². The highest BCUT2D eigenvalue weighted by Crippen LogP contribution is 2.04. The van der Waals surface area contributed by atoms with Crippen molar-refractivity contribution in [3.8, 4) is 6.07 Å². The standard InChI is InChI=1S/C8H12N2Si/c1-11(2,3)8-6-10-5-7(8)4-9/h5-6,10H,1-3H3. The van der Waals surface area contributed by atoms with Gasteiger partial charge in [0, 0.05) is 12.4 Å². The summed E-state index contributed by atoms with van der Waals surface area (Å²) in [6.45, 7) is 6.70. The largest absolute Gasteiger partial charge is 0.367 e. The molecule has 0 aliphatic carbocycles. The Kier molecular flexibility index (Phi) is 1.88. The highest BCUT2D eigenvalue weighted by Gasteiger charge is 2.20. The molecule has 0 spiro atoms. The van der Waals surface area contributed by atoms with E-state index in [1.54, 1.807) is 6.20 Å². The second kappa shape index (κ2) is 2.55. The van der Waals surface area contributed by atoms with E-state index in [4.69, 9.17) is 5.26 Å². The molecule has 0 saturated heterocycles. The van der Waals surface area contributed by atoms with Crippen LogP contribution in [-0.2, 0) is 0 Å². The van der Waals surface area contributed by atoms with Crippen LogP contribution in [0.3, 0.4) is 0 Å². The Hall–Kier alpha value is -1.01. The first-order valence-corrected chi connectivity index (χ1v) is 7.13. The van der Waals surface area contributed by atoms with Crippen LogP contribution in [0.2, 0.25) is 19.6 Å². The van der Waals surface area contributed by atoms with Crippen LogP contribution in [-0.4, -0.2) is 13.1 Å². The summed E-state index contributed by atoms with van der Waals surface area (Å²) in [4.78, 5) is 2.97. The molecule has 1 N–H and O–H groups in total. The van der Waals surface area contributed by atoms with Crippen molar-refractivity contribution in [1.29, 1.82) is 5.26 Å². The SMILES string of the molecule is C[Si](C)(C)c1c[nH]cc1C#N. The maximum absolute atomic E-state index is 8.72. The molecule has 0 saturated carbocycles. The van der Waals surface area contributed by atoms with Gasteiger partial charge in [-0.3, -0.25) is 0 Å². The Morgan fingerprint density at radius 2 is 2.00 bits per heavy atom. The lowest BCUT2D eigenvalue weighted by molar-refractivity contribution is 1.40. The van der Waals surface area contributed by atoms with E-state index in [-0.39, 0.29) is 0 Å². The first-order chi connectivity index (χ1) is 5.05. The van der Waals surface area contributed by atoms with Gasteiger partial charge in [-0.05, 0) is 5.19 Å². The van der Waals surface area contributed by atoms with Crippen LogP contribution in [0.15, 0.2) is 12.4 Å². The van der Waals surface area contributed by atoms with Gasteiger partial charge in [0.2, 0.25) is 0 Å². The number of H-pyrrole nitrogens is 1. The maximum Gasteiger partial charge on any atom is 0.101 e. The predicted octanol–water partition coefficient (Wildman–Crippen LogP) is 1.43. The van der Waals surface area contributed by atoms with E-state index in [0.29, 0.717) is 0 Å². The fourth-order valence-corrected chi connectivity index (χ4v) is 2.53. The van der Waals surface area contributed by atoms with E-state index < -0.39 is 8.07 Å². The molecule has 0 amide bonds. The first-order valence-electron chi connectivity index (χ1n) is 3.63. The Morgan fingerprint density at radius 1 is 1.36 bits per heavy atom. The Labute approximate surface area is 67.9 Å². The molecular weight excluding hydrogens is 152 g/mol. The van der Waals surface area contributed by atoms with E-state index in [1.807, 2.05) is 6.20 Å². The number of hydrogen-bond donors (Lipinski definition) is 1. The van der Waals surface area contributed by atoms with Crippen molar-refractivity contribution in [2.75, 3.05) is 0 Å². The molecule has 1 aromatic rings. The molecule has 2 nitrogen and oxygen atoms in total. The summed E-state index contributed by atoms with van der Waals surface area (Å²) in [5, 5.41) is 9.95. The molecule has 0 unspecified atom stereocenters. The highest BCUT2D eigenvalue weighted by molar-refractivity contribution is 6.89. The molecule has 0 bridgehead atoms. The van der Waals surface area contributed by atoms with Crippen LogP contribution in [0, 0.1) is 11.3 Å². The van der Waals surface area contributed by atoms with Gasteiger partial charge in [0.15, 0.2) is 0 Å². The number of rotatable bonds is 1. The minimum absolute atomic E-state index is 0.809. The second-order valence-electron chi connectivity index (χ2n) is 3.64. The van der Waals surface area contributed by atoms with Gasteiger partial charge >= 0.3 is 0 Å². The summed E-state index contributed by atoms with van der Waals surface area (Å²) >= 11 is 0. The van der Waals surface area contributed by atoms with Crippen molar-refractivity contribution in [1.82, 2.24) is 4.98 Å². The molecule has 0 fully saturated rings. The van der Waals surface area contributed by atoms with Gasteiger partial charge in [0.25, 0.3) is 0 Å². The fraction of sp³-hybridized carbons (Fsp3) is 0.375. The molecule has 58 valence electrons. The van der Waals surface area contributed by atoms with Crippen molar-refractivity contribution in [3.63, 3.8) is 0 Å². The monoisotopic (exact) mass is 164 g/mol. The summed E-state index contributed by atoms with van der Waals surface area (Å²) < 4.78 is 0. The van der Waals surface area contributed by atoms with Gasteiger partial charge in [0.05, 0.1) is 13.6 Å². The molecule has 0 aromatic carbocycles. The minimum Gasteiger partial charge on any atom is -0.367 e. The average molecular weight is 164 g/mol. The number of aromatic nitrogens is 1. The number of hydrogen-bond acceptors (Lipinski definition) is 1. The minimum atomic E-state index is -1.30. The third-order valence-corrected chi connectivity index (χ3v) is 3.70. The lowest BCUT2D eigenvalue weighted by atomic mass is 10.4. The zero-order chi connectivity index (χ0) is 8.48. The van der Waals surface area contributed by atoms with Crippen LogP contribution >= 0.6 is 0 Å². The summed E-state index contributed by atoms with van der Waals surface area (Å²) in [5.41, 5.74) is 0.809. The topological polar surface area (TPSA) is 39.6 Å². The summed E-state index contributed by atoms with van der Waals surface area (Å²) in [6, 6.07) is 2.19. The average Bonchev–Trinajstić information content (AvgIpc) is 2.31. The van der Waals surface area contributed by atoms with Gasteiger partial charge in [0.1, 0.15) is 6.07 Å². The van der Waals surface area contributed by atoms with E-state index in [1.165, 1.54) is 5.19 Å². The van der Waals surface area contributed by atoms with E-state index in [2.05, 4.69) is 30.7 Å². The van der Waals surface area contributed by atoms with E-state index >= 15 is 0 Å². The molecule has 3 heteroatoms. The summed E-state index contributed by atoms with van der Waals surface area (Å²) in [6.07, 6.45) is 3.72. The van der Waals surface area contributed by atoms with Crippen molar-refractivity contribution in [2.24, 2.45) is 0 Å². The van der Waals surface area contributed by atoms with Crippen molar-refractivity contribution in [3.05, 3.63) is 18.0 Å². The molecule has 0 aliphatic heterocycles. The van der Waals surface area contributed by atoms with Gasteiger partial charge in [-0.2, -0.15) is 5.26 Å². The van der Waals surface area contributed by atoms with Crippen LogP contribution in [0.5, 0.6) is 0 Å². The van der Waals surface area contributed by atoms with Gasteiger partial charge < -0.3 is 4.98 Å². The van der Waals surface area contributed by atoms with Gasteiger partial charge in [-0.15, -0.1) is 0 Å². The smallest absolute Gasteiger partial charge is 0.101 e. The third-order valence-electron chi connectivity index (χ3n) is 1.67. The zero-order valence-electron chi connectivity index (χ0n) is 7.10. The Morgan fingerprint density at radius 3 is 2.36 bits per heavy atom. The van der Waals surface area contributed by atoms with Crippen LogP contribution in [0.4, 0.5) is 0 Å². The van der Waals surface area contributed by atoms with Gasteiger partial charge in [-0.1, -0.05) is 19.6 Å². The predicted molar refractivity (Wildman–Crippen MR) is 48.5 cm³/mol. The highest BCUT2D eigenvalue weighted by atomic mass is 28.3. The molecular formula is C8H12N2Si. The number of nitrogens with one attached hydrogen (secondary N) is 1. The van der Waals surface area contributed by atoms with Crippen LogP contribution in [0.1, 0.15) is 5.56 Å². The summed E-state index contributed by atoms with van der Waals surface area (Å²) in [5.74, 6) is 0. The molecule has 1 heterocycles. The second-order valence-corrected chi connectivity index (χ2v) is 8.68. The summed E-state index contributed by atoms with van der Waals surface area (Å²) in [7, 11) is -1.30. The van der Waals surface area contributed by atoms with Crippen LogP contribution in [0.25, 0.3) is 0 Å². The Balaban J connectivity index is 3.15. The molecule has 1 aromatic heterocycles. The normalized spacial score (nSPS) is 11.1. The molecule has 0 aliphatic rings. The lowest BCUT2D eigenvalue weighted by Gasteiger charge is -2.13. The first kappa shape index (κ1) is 8.09. The molecule has 1 rings (SSSR count). The zero-order valence-corrected chi connectivity index (χ0v) is 8.10. The Bertz CT molecular complexity index is 288. The fourth-order valence-electron chi connectivity index (χ4n) is 1.08. The number of nitriles is 1. The third kappa shape index (κ3) is 1.52. The number of aromatic amines is 1. The lowest BCUT2D eigenvalue weighted by Crippen LogP contribution is -2.38. The van der Waals surface area contributed by atoms with E-state index in [0.717, 1.165) is 5.56 Å². The van der Waals surface area contributed by atoms with Crippen molar-refractivity contribution in [2.45, 2.75) is 19.6 Å².